The average molecular weight is 291 g/mol. The fourth-order valence-corrected chi connectivity index (χ4v) is 3.45. The van der Waals surface area contributed by atoms with Gasteiger partial charge in [-0.1, -0.05) is 19.9 Å². The SMILES string of the molecule is CC1CC(C)CC(Oc2ccc(CNC3CC3)cc2F)C1. The molecule has 0 amide bonds. The van der Waals surface area contributed by atoms with Gasteiger partial charge in [-0.25, -0.2) is 4.39 Å². The Balaban J connectivity index is 1.59. The normalized spacial score (nSPS) is 29.4. The van der Waals surface area contributed by atoms with E-state index in [-0.39, 0.29) is 11.9 Å². The lowest BCUT2D eigenvalue weighted by Gasteiger charge is -2.31. The number of nitrogens with one attached hydrogen (secondary N) is 1. The highest BCUT2D eigenvalue weighted by atomic mass is 19.1. The molecule has 0 saturated heterocycles. The van der Waals surface area contributed by atoms with E-state index in [0.29, 0.717) is 23.6 Å². The Morgan fingerprint density at radius 3 is 2.48 bits per heavy atom. The van der Waals surface area contributed by atoms with E-state index in [1.165, 1.54) is 19.3 Å². The lowest BCUT2D eigenvalue weighted by Crippen LogP contribution is -2.28. The van der Waals surface area contributed by atoms with E-state index in [1.807, 2.05) is 6.07 Å². The standard InChI is InChI=1S/C18H26FNO/c1-12-7-13(2)9-16(8-12)21-18-6-3-14(10-17(18)19)11-20-15-4-5-15/h3,6,10,12-13,15-16,20H,4-5,7-9,11H2,1-2H3. The summed E-state index contributed by atoms with van der Waals surface area (Å²) >= 11 is 0. The highest BCUT2D eigenvalue weighted by Gasteiger charge is 2.26. The van der Waals surface area contributed by atoms with Crippen LogP contribution in [0.2, 0.25) is 0 Å². The van der Waals surface area contributed by atoms with Crippen LogP contribution in [-0.4, -0.2) is 12.1 Å². The molecule has 2 unspecified atom stereocenters. The third-order valence-corrected chi connectivity index (χ3v) is 4.60. The molecule has 1 aromatic rings. The molecule has 0 bridgehead atoms. The predicted molar refractivity (Wildman–Crippen MR) is 82.9 cm³/mol. The molecule has 1 aromatic carbocycles. The molecule has 1 N–H and O–H groups in total. The molecule has 0 spiro atoms. The van der Waals surface area contributed by atoms with Crippen molar-refractivity contribution in [2.45, 2.75) is 64.6 Å². The molecule has 116 valence electrons. The molecule has 2 aliphatic carbocycles. The zero-order valence-corrected chi connectivity index (χ0v) is 13.1. The fourth-order valence-electron chi connectivity index (χ4n) is 3.45. The van der Waals surface area contributed by atoms with Gasteiger partial charge in [0.25, 0.3) is 0 Å². The Labute approximate surface area is 127 Å². The third kappa shape index (κ3) is 4.19. The number of halogens is 1. The molecule has 3 rings (SSSR count). The predicted octanol–water partition coefficient (Wildman–Crippen LogP) is 4.28. The van der Waals surface area contributed by atoms with Crippen molar-refractivity contribution in [1.82, 2.24) is 5.32 Å². The molecule has 3 heteroatoms. The Morgan fingerprint density at radius 2 is 1.86 bits per heavy atom. The van der Waals surface area contributed by atoms with E-state index in [0.717, 1.165) is 24.9 Å². The summed E-state index contributed by atoms with van der Waals surface area (Å²) in [5.74, 6) is 1.53. The summed E-state index contributed by atoms with van der Waals surface area (Å²) in [6.07, 6.45) is 6.00. The molecule has 0 radical (unpaired) electrons. The number of benzene rings is 1. The molecule has 2 fully saturated rings. The van der Waals surface area contributed by atoms with Crippen LogP contribution in [0.25, 0.3) is 0 Å². The minimum absolute atomic E-state index is 0.161. The van der Waals surface area contributed by atoms with E-state index < -0.39 is 0 Å². The van der Waals surface area contributed by atoms with Crippen LogP contribution in [0, 0.1) is 17.7 Å². The molecule has 2 aliphatic rings. The summed E-state index contributed by atoms with van der Waals surface area (Å²) in [6, 6.07) is 6.03. The van der Waals surface area contributed by atoms with Gasteiger partial charge in [0.1, 0.15) is 0 Å². The van der Waals surface area contributed by atoms with Gasteiger partial charge in [-0.2, -0.15) is 0 Å². The van der Waals surface area contributed by atoms with Gasteiger partial charge in [0.2, 0.25) is 0 Å². The Kier molecular flexibility index (Phi) is 4.48. The molecule has 0 aromatic heterocycles. The van der Waals surface area contributed by atoms with Crippen molar-refractivity contribution in [3.05, 3.63) is 29.6 Å². The van der Waals surface area contributed by atoms with Crippen LogP contribution in [0.4, 0.5) is 4.39 Å². The van der Waals surface area contributed by atoms with Crippen LogP contribution in [0.15, 0.2) is 18.2 Å². The van der Waals surface area contributed by atoms with Crippen LogP contribution in [0.1, 0.15) is 51.5 Å². The second-order valence-corrected chi connectivity index (χ2v) is 7.08. The first kappa shape index (κ1) is 14.8. The summed E-state index contributed by atoms with van der Waals surface area (Å²) in [6.45, 7) is 5.27. The first-order valence-corrected chi connectivity index (χ1v) is 8.28. The maximum Gasteiger partial charge on any atom is 0.165 e. The minimum atomic E-state index is -0.226. The van der Waals surface area contributed by atoms with Gasteiger partial charge in [-0.15, -0.1) is 0 Å². The molecule has 0 aliphatic heterocycles. The van der Waals surface area contributed by atoms with Crippen molar-refractivity contribution < 1.29 is 9.13 Å². The molecule has 2 saturated carbocycles. The van der Waals surface area contributed by atoms with E-state index in [4.69, 9.17) is 4.74 Å². The largest absolute Gasteiger partial charge is 0.487 e. The smallest absolute Gasteiger partial charge is 0.165 e. The van der Waals surface area contributed by atoms with E-state index in [2.05, 4.69) is 19.2 Å². The maximum absolute atomic E-state index is 14.2. The lowest BCUT2D eigenvalue weighted by atomic mass is 9.82. The molecular formula is C18H26FNO. The van der Waals surface area contributed by atoms with E-state index in [1.54, 1.807) is 12.1 Å². The minimum Gasteiger partial charge on any atom is -0.487 e. The van der Waals surface area contributed by atoms with Crippen LogP contribution in [0.5, 0.6) is 5.75 Å². The Bertz CT molecular complexity index is 476. The fraction of sp³-hybridized carbons (Fsp3) is 0.667. The van der Waals surface area contributed by atoms with Crippen molar-refractivity contribution in [2.75, 3.05) is 0 Å². The van der Waals surface area contributed by atoms with Crippen LogP contribution in [0.3, 0.4) is 0 Å². The summed E-state index contributed by atoms with van der Waals surface area (Å²) in [5, 5.41) is 3.41. The maximum atomic E-state index is 14.2. The molecule has 21 heavy (non-hydrogen) atoms. The van der Waals surface area contributed by atoms with Gasteiger partial charge in [-0.3, -0.25) is 0 Å². The van der Waals surface area contributed by atoms with Crippen LogP contribution < -0.4 is 10.1 Å². The second-order valence-electron chi connectivity index (χ2n) is 7.08. The summed E-state index contributed by atoms with van der Waals surface area (Å²) in [7, 11) is 0. The highest BCUT2D eigenvalue weighted by molar-refractivity contribution is 5.29. The van der Waals surface area contributed by atoms with Crippen molar-refractivity contribution in [2.24, 2.45) is 11.8 Å². The van der Waals surface area contributed by atoms with Crippen LogP contribution in [-0.2, 0) is 6.54 Å². The second kappa shape index (κ2) is 6.35. The van der Waals surface area contributed by atoms with Gasteiger partial charge < -0.3 is 10.1 Å². The van der Waals surface area contributed by atoms with Gasteiger partial charge in [0.05, 0.1) is 6.10 Å². The lowest BCUT2D eigenvalue weighted by molar-refractivity contribution is 0.0970. The zero-order chi connectivity index (χ0) is 14.8. The number of rotatable bonds is 5. The van der Waals surface area contributed by atoms with Gasteiger partial charge >= 0.3 is 0 Å². The zero-order valence-electron chi connectivity index (χ0n) is 13.1. The van der Waals surface area contributed by atoms with Crippen molar-refractivity contribution in [1.29, 1.82) is 0 Å². The summed E-state index contributed by atoms with van der Waals surface area (Å²) in [4.78, 5) is 0. The van der Waals surface area contributed by atoms with E-state index in [9.17, 15) is 4.39 Å². The van der Waals surface area contributed by atoms with Crippen molar-refractivity contribution in [3.63, 3.8) is 0 Å². The number of hydrogen-bond acceptors (Lipinski definition) is 2. The average Bonchev–Trinajstić information content (AvgIpc) is 3.22. The van der Waals surface area contributed by atoms with Crippen molar-refractivity contribution in [3.8, 4) is 5.75 Å². The third-order valence-electron chi connectivity index (χ3n) is 4.60. The monoisotopic (exact) mass is 291 g/mol. The van der Waals surface area contributed by atoms with Crippen LogP contribution >= 0.6 is 0 Å². The molecular weight excluding hydrogens is 265 g/mol. The number of hydrogen-bond donors (Lipinski definition) is 1. The molecule has 2 nitrogen and oxygen atoms in total. The van der Waals surface area contributed by atoms with Gasteiger partial charge in [-0.05, 0) is 61.6 Å². The Morgan fingerprint density at radius 1 is 1.14 bits per heavy atom. The summed E-state index contributed by atoms with van der Waals surface area (Å²) < 4.78 is 20.1. The molecule has 0 heterocycles. The quantitative estimate of drug-likeness (QED) is 0.874. The van der Waals surface area contributed by atoms with Gasteiger partial charge in [0.15, 0.2) is 11.6 Å². The number of ether oxygens (including phenoxy) is 1. The van der Waals surface area contributed by atoms with Crippen molar-refractivity contribution >= 4 is 0 Å². The first-order valence-electron chi connectivity index (χ1n) is 8.28. The first-order chi connectivity index (χ1) is 10.1. The molecule has 2 atom stereocenters. The van der Waals surface area contributed by atoms with Gasteiger partial charge in [0, 0.05) is 12.6 Å². The summed E-state index contributed by atoms with van der Waals surface area (Å²) in [5.41, 5.74) is 0.997. The Hall–Kier alpha value is -1.09. The van der Waals surface area contributed by atoms with E-state index >= 15 is 0 Å². The highest BCUT2D eigenvalue weighted by Crippen LogP contribution is 2.32. The topological polar surface area (TPSA) is 21.3 Å².